The van der Waals surface area contributed by atoms with Crippen molar-refractivity contribution in [2.24, 2.45) is 5.92 Å². The molecular formula is C23H34N2O7. The molecule has 0 unspecified atom stereocenters. The fourth-order valence-corrected chi connectivity index (χ4v) is 3.15. The highest BCUT2D eigenvalue weighted by Gasteiger charge is 2.54. The molecule has 0 aromatic heterocycles. The zero-order chi connectivity index (χ0) is 24.1. The predicted molar refractivity (Wildman–Crippen MR) is 117 cm³/mol. The summed E-state index contributed by atoms with van der Waals surface area (Å²) < 4.78 is 10.8. The van der Waals surface area contributed by atoms with E-state index in [2.05, 4.69) is 10.6 Å². The van der Waals surface area contributed by atoms with E-state index in [1.807, 2.05) is 34.6 Å². The van der Waals surface area contributed by atoms with Gasteiger partial charge in [0.25, 0.3) is 5.91 Å². The van der Waals surface area contributed by atoms with E-state index in [9.17, 15) is 24.6 Å². The molecule has 1 heterocycles. The van der Waals surface area contributed by atoms with Crippen molar-refractivity contribution in [3.63, 3.8) is 0 Å². The van der Waals surface area contributed by atoms with Gasteiger partial charge in [0, 0.05) is 5.56 Å². The number of aliphatic hydroxyl groups excluding tert-OH is 2. The number of benzene rings is 1. The highest BCUT2D eigenvalue weighted by Crippen LogP contribution is 2.30. The van der Waals surface area contributed by atoms with Crippen LogP contribution in [0.5, 0.6) is 5.75 Å². The number of ketones is 1. The SMILES string of the molecule is CC(C)C[C@H](NC(=O)[C@H](CO)NC(=O)c1ccc(OC(C)(C)C)cc1)C(=O)[C@@]1(CO)CO1. The van der Waals surface area contributed by atoms with Gasteiger partial charge in [-0.15, -0.1) is 0 Å². The molecule has 1 aromatic rings. The largest absolute Gasteiger partial charge is 0.488 e. The van der Waals surface area contributed by atoms with Crippen LogP contribution in [-0.4, -0.2) is 70.9 Å². The summed E-state index contributed by atoms with van der Waals surface area (Å²) in [5.74, 6) is -0.984. The smallest absolute Gasteiger partial charge is 0.252 e. The van der Waals surface area contributed by atoms with Crippen molar-refractivity contribution < 1.29 is 34.1 Å². The van der Waals surface area contributed by atoms with E-state index in [-0.39, 0.29) is 23.7 Å². The topological polar surface area (TPSA) is 137 Å². The molecule has 0 saturated carbocycles. The minimum Gasteiger partial charge on any atom is -0.488 e. The molecule has 2 rings (SSSR count). The van der Waals surface area contributed by atoms with Crippen LogP contribution in [0, 0.1) is 5.92 Å². The van der Waals surface area contributed by atoms with E-state index in [0.29, 0.717) is 12.2 Å². The molecule has 0 bridgehead atoms. The molecule has 4 N–H and O–H groups in total. The van der Waals surface area contributed by atoms with E-state index in [4.69, 9.17) is 9.47 Å². The maximum absolute atomic E-state index is 12.8. The Kier molecular flexibility index (Phi) is 8.39. The molecule has 0 aliphatic carbocycles. The lowest BCUT2D eigenvalue weighted by Gasteiger charge is -2.24. The number of nitrogens with one attached hydrogen (secondary N) is 2. The van der Waals surface area contributed by atoms with Gasteiger partial charge in [0.2, 0.25) is 5.91 Å². The first-order valence-electron chi connectivity index (χ1n) is 10.7. The van der Waals surface area contributed by atoms with Crippen molar-refractivity contribution in [3.8, 4) is 5.75 Å². The molecule has 32 heavy (non-hydrogen) atoms. The highest BCUT2D eigenvalue weighted by molar-refractivity contribution is 6.00. The molecule has 0 radical (unpaired) electrons. The average Bonchev–Trinajstić information content (AvgIpc) is 3.51. The van der Waals surface area contributed by atoms with Gasteiger partial charge in [0.05, 0.1) is 25.9 Å². The summed E-state index contributed by atoms with van der Waals surface area (Å²) in [6.45, 7) is 8.50. The molecule has 3 atom stereocenters. The first kappa shape index (κ1) is 25.8. The Hall–Kier alpha value is -2.49. The van der Waals surface area contributed by atoms with Gasteiger partial charge in [-0.2, -0.15) is 0 Å². The van der Waals surface area contributed by atoms with Crippen LogP contribution in [-0.2, 0) is 14.3 Å². The number of ether oxygens (including phenoxy) is 2. The fourth-order valence-electron chi connectivity index (χ4n) is 3.15. The van der Waals surface area contributed by atoms with E-state index in [1.54, 1.807) is 24.3 Å². The molecule has 178 valence electrons. The number of hydrogen-bond donors (Lipinski definition) is 4. The normalized spacial score (nSPS) is 19.8. The number of carbonyl (C=O) groups is 3. The van der Waals surface area contributed by atoms with Crippen LogP contribution >= 0.6 is 0 Å². The van der Waals surface area contributed by atoms with Crippen LogP contribution in [0.15, 0.2) is 24.3 Å². The van der Waals surface area contributed by atoms with Crippen LogP contribution in [0.25, 0.3) is 0 Å². The first-order valence-corrected chi connectivity index (χ1v) is 10.7. The maximum atomic E-state index is 12.8. The third kappa shape index (κ3) is 7.01. The van der Waals surface area contributed by atoms with Crippen molar-refractivity contribution in [1.29, 1.82) is 0 Å². The lowest BCUT2D eigenvalue weighted by atomic mass is 9.92. The van der Waals surface area contributed by atoms with Gasteiger partial charge in [-0.3, -0.25) is 14.4 Å². The van der Waals surface area contributed by atoms with Crippen molar-refractivity contribution in [2.75, 3.05) is 19.8 Å². The number of aliphatic hydroxyl groups is 2. The Bertz CT molecular complexity index is 811. The van der Waals surface area contributed by atoms with Gasteiger partial charge in [0.15, 0.2) is 11.4 Å². The Balaban J connectivity index is 2.04. The summed E-state index contributed by atoms with van der Waals surface area (Å²) in [5.41, 5.74) is -1.37. The molecule has 9 heteroatoms. The number of Topliss-reactive ketones (excluding diaryl/α,β-unsaturated/α-hetero) is 1. The van der Waals surface area contributed by atoms with Crippen LogP contribution in [0.3, 0.4) is 0 Å². The van der Waals surface area contributed by atoms with E-state index in [1.165, 1.54) is 0 Å². The van der Waals surface area contributed by atoms with Gasteiger partial charge in [-0.25, -0.2) is 0 Å². The molecule has 1 fully saturated rings. The molecular weight excluding hydrogens is 416 g/mol. The number of amides is 2. The lowest BCUT2D eigenvalue weighted by Crippen LogP contribution is -2.55. The standard InChI is InChI=1S/C23H34N2O7/c1-14(2)10-17(19(28)23(12-27)13-31-23)24-21(30)18(11-26)25-20(29)15-6-8-16(9-7-15)32-22(3,4)5/h6-9,14,17-18,26-27H,10-13H2,1-5H3,(H,24,30)(H,25,29)/t17-,18-,23+/m0/s1. The first-order chi connectivity index (χ1) is 14.9. The number of rotatable bonds is 11. The minimum absolute atomic E-state index is 0.0785. The van der Waals surface area contributed by atoms with Gasteiger partial charge >= 0.3 is 0 Å². The Morgan fingerprint density at radius 1 is 1.09 bits per heavy atom. The van der Waals surface area contributed by atoms with Crippen molar-refractivity contribution in [2.45, 2.75) is 64.3 Å². The monoisotopic (exact) mass is 450 g/mol. The van der Waals surface area contributed by atoms with Crippen LogP contribution in [0.1, 0.15) is 51.4 Å². The summed E-state index contributed by atoms with van der Waals surface area (Å²) in [6, 6.07) is 4.26. The summed E-state index contributed by atoms with van der Waals surface area (Å²) in [6.07, 6.45) is 0.330. The quantitative estimate of drug-likeness (QED) is 0.366. The van der Waals surface area contributed by atoms with Crippen LogP contribution < -0.4 is 15.4 Å². The summed E-state index contributed by atoms with van der Waals surface area (Å²) in [7, 11) is 0. The highest BCUT2D eigenvalue weighted by atomic mass is 16.6. The second kappa shape index (κ2) is 10.4. The summed E-state index contributed by atoms with van der Waals surface area (Å²) in [5, 5.41) is 24.2. The van der Waals surface area contributed by atoms with Crippen molar-refractivity contribution >= 4 is 17.6 Å². The molecule has 2 amide bonds. The zero-order valence-electron chi connectivity index (χ0n) is 19.3. The van der Waals surface area contributed by atoms with Crippen LogP contribution in [0.4, 0.5) is 0 Å². The van der Waals surface area contributed by atoms with E-state index >= 15 is 0 Å². The zero-order valence-corrected chi connectivity index (χ0v) is 19.3. The summed E-state index contributed by atoms with van der Waals surface area (Å²) in [4.78, 5) is 38.0. The number of epoxide rings is 1. The Labute approximate surface area is 188 Å². The molecule has 9 nitrogen and oxygen atoms in total. The average molecular weight is 451 g/mol. The third-order valence-corrected chi connectivity index (χ3v) is 4.88. The molecule has 1 aromatic carbocycles. The van der Waals surface area contributed by atoms with Crippen molar-refractivity contribution in [1.82, 2.24) is 10.6 Å². The van der Waals surface area contributed by atoms with E-state index in [0.717, 1.165) is 0 Å². The van der Waals surface area contributed by atoms with Gasteiger partial charge < -0.3 is 30.3 Å². The minimum atomic E-state index is -1.28. The summed E-state index contributed by atoms with van der Waals surface area (Å²) >= 11 is 0. The van der Waals surface area contributed by atoms with Gasteiger partial charge in [-0.1, -0.05) is 13.8 Å². The van der Waals surface area contributed by atoms with E-state index < -0.39 is 48.5 Å². The molecule has 0 spiro atoms. The second-order valence-electron chi connectivity index (χ2n) is 9.44. The lowest BCUT2D eigenvalue weighted by molar-refractivity contribution is -0.133. The number of hydrogen-bond acceptors (Lipinski definition) is 7. The number of carbonyl (C=O) groups excluding carboxylic acids is 3. The fraction of sp³-hybridized carbons (Fsp3) is 0.609. The third-order valence-electron chi connectivity index (χ3n) is 4.88. The predicted octanol–water partition coefficient (Wildman–Crippen LogP) is 0.816. The molecule has 1 aliphatic rings. The maximum Gasteiger partial charge on any atom is 0.252 e. The van der Waals surface area contributed by atoms with Crippen LogP contribution in [0.2, 0.25) is 0 Å². The van der Waals surface area contributed by atoms with Gasteiger partial charge in [0.1, 0.15) is 17.4 Å². The van der Waals surface area contributed by atoms with Crippen molar-refractivity contribution in [3.05, 3.63) is 29.8 Å². The van der Waals surface area contributed by atoms with Gasteiger partial charge in [-0.05, 0) is 57.4 Å². The Morgan fingerprint density at radius 2 is 1.69 bits per heavy atom. The molecule has 1 saturated heterocycles. The Morgan fingerprint density at radius 3 is 2.12 bits per heavy atom. The molecule has 1 aliphatic heterocycles. The second-order valence-corrected chi connectivity index (χ2v) is 9.44.